The van der Waals surface area contributed by atoms with Crippen molar-refractivity contribution in [3.8, 4) is 11.5 Å². The lowest BCUT2D eigenvalue weighted by Gasteiger charge is -2.19. The molecular weight excluding hydrogens is 377 g/mol. The molecule has 146 valence electrons. The molecule has 27 heavy (non-hydrogen) atoms. The van der Waals surface area contributed by atoms with Crippen molar-refractivity contribution in [3.05, 3.63) is 53.8 Å². The minimum absolute atomic E-state index is 0.0813. The van der Waals surface area contributed by atoms with Crippen LogP contribution in [-0.2, 0) is 19.6 Å². The summed E-state index contributed by atoms with van der Waals surface area (Å²) in [7, 11) is -0.0924. The SMILES string of the molecule is COC(=O)CC(NS(=O)(=O)c1ccc(OC)cc1OC)c1ccc(F)cc1. The molecule has 2 aromatic carbocycles. The maximum Gasteiger partial charge on any atom is 0.307 e. The van der Waals surface area contributed by atoms with Gasteiger partial charge >= 0.3 is 5.97 Å². The Morgan fingerprint density at radius 3 is 2.30 bits per heavy atom. The molecule has 7 nitrogen and oxygen atoms in total. The second-order valence-corrected chi connectivity index (χ2v) is 7.20. The van der Waals surface area contributed by atoms with E-state index in [0.29, 0.717) is 11.3 Å². The Hall–Kier alpha value is -2.65. The van der Waals surface area contributed by atoms with Crippen LogP contribution in [0.25, 0.3) is 0 Å². The molecule has 0 radical (unpaired) electrons. The highest BCUT2D eigenvalue weighted by atomic mass is 32.2. The molecule has 2 aromatic rings. The zero-order valence-corrected chi connectivity index (χ0v) is 15.9. The van der Waals surface area contributed by atoms with Gasteiger partial charge in [-0.3, -0.25) is 4.79 Å². The second-order valence-electron chi connectivity index (χ2n) is 5.52. The van der Waals surface area contributed by atoms with Crippen LogP contribution in [0.15, 0.2) is 47.4 Å². The molecule has 1 N–H and O–H groups in total. The molecule has 1 atom stereocenters. The molecule has 0 saturated carbocycles. The van der Waals surface area contributed by atoms with Gasteiger partial charge in [-0.2, -0.15) is 0 Å². The van der Waals surface area contributed by atoms with Gasteiger partial charge in [-0.15, -0.1) is 0 Å². The van der Waals surface area contributed by atoms with Crippen molar-refractivity contribution in [1.82, 2.24) is 4.72 Å². The van der Waals surface area contributed by atoms with Crippen molar-refractivity contribution in [3.63, 3.8) is 0 Å². The fourth-order valence-corrected chi connectivity index (χ4v) is 3.80. The molecule has 0 spiro atoms. The third-order valence-corrected chi connectivity index (χ3v) is 5.34. The molecule has 2 rings (SSSR count). The number of benzene rings is 2. The zero-order valence-electron chi connectivity index (χ0n) is 15.1. The highest BCUT2D eigenvalue weighted by Crippen LogP contribution is 2.30. The fourth-order valence-electron chi connectivity index (χ4n) is 2.42. The second kappa shape index (κ2) is 8.83. The van der Waals surface area contributed by atoms with Crippen LogP contribution in [0.1, 0.15) is 18.0 Å². The van der Waals surface area contributed by atoms with Crippen molar-refractivity contribution in [1.29, 1.82) is 0 Å². The number of methoxy groups -OCH3 is 3. The summed E-state index contributed by atoms with van der Waals surface area (Å²) in [6.45, 7) is 0. The number of hydrogen-bond acceptors (Lipinski definition) is 6. The monoisotopic (exact) mass is 397 g/mol. The molecule has 0 aliphatic heterocycles. The van der Waals surface area contributed by atoms with Crippen LogP contribution in [-0.4, -0.2) is 35.7 Å². The van der Waals surface area contributed by atoms with Crippen molar-refractivity contribution < 1.29 is 31.8 Å². The maximum absolute atomic E-state index is 13.2. The Labute approximate surface area is 157 Å². The summed E-state index contributed by atoms with van der Waals surface area (Å²) in [4.78, 5) is 11.6. The number of ether oxygens (including phenoxy) is 3. The van der Waals surface area contributed by atoms with E-state index in [2.05, 4.69) is 9.46 Å². The third kappa shape index (κ3) is 5.18. The van der Waals surface area contributed by atoms with Crippen molar-refractivity contribution >= 4 is 16.0 Å². The van der Waals surface area contributed by atoms with Gasteiger partial charge < -0.3 is 14.2 Å². The van der Waals surface area contributed by atoms with Crippen molar-refractivity contribution in [2.45, 2.75) is 17.4 Å². The van der Waals surface area contributed by atoms with Crippen molar-refractivity contribution in [2.75, 3.05) is 21.3 Å². The third-order valence-electron chi connectivity index (χ3n) is 3.83. The smallest absolute Gasteiger partial charge is 0.307 e. The molecule has 0 bridgehead atoms. The van der Waals surface area contributed by atoms with E-state index in [9.17, 15) is 17.6 Å². The number of nitrogens with one attached hydrogen (secondary N) is 1. The van der Waals surface area contributed by atoms with Gasteiger partial charge in [-0.05, 0) is 29.8 Å². The molecule has 0 amide bonds. The van der Waals surface area contributed by atoms with Gasteiger partial charge in [0.2, 0.25) is 10.0 Å². The molecule has 9 heteroatoms. The molecule has 0 fully saturated rings. The predicted octanol–water partition coefficient (Wildman–Crippen LogP) is 2.43. The van der Waals surface area contributed by atoms with Crippen LogP contribution in [0.2, 0.25) is 0 Å². The average Bonchev–Trinajstić information content (AvgIpc) is 2.67. The Morgan fingerprint density at radius 1 is 1.07 bits per heavy atom. The highest BCUT2D eigenvalue weighted by Gasteiger charge is 2.27. The first-order valence-electron chi connectivity index (χ1n) is 7.87. The molecule has 0 heterocycles. The van der Waals surface area contributed by atoms with Crippen LogP contribution in [0.4, 0.5) is 4.39 Å². The molecule has 0 saturated heterocycles. The number of carbonyl (C=O) groups is 1. The molecule has 0 aliphatic rings. The van der Waals surface area contributed by atoms with Crippen LogP contribution in [0, 0.1) is 5.82 Å². The molecule has 0 aliphatic carbocycles. The average molecular weight is 397 g/mol. The van der Waals surface area contributed by atoms with Gasteiger partial charge in [-0.25, -0.2) is 17.5 Å². The largest absolute Gasteiger partial charge is 0.497 e. The van der Waals surface area contributed by atoms with E-state index < -0.39 is 27.9 Å². The number of esters is 1. The van der Waals surface area contributed by atoms with E-state index in [1.54, 1.807) is 0 Å². The Balaban J connectivity index is 2.40. The van der Waals surface area contributed by atoms with Crippen LogP contribution in [0.3, 0.4) is 0 Å². The number of carbonyl (C=O) groups excluding carboxylic acids is 1. The molecule has 0 aromatic heterocycles. The van der Waals surface area contributed by atoms with Crippen molar-refractivity contribution in [2.24, 2.45) is 0 Å². The lowest BCUT2D eigenvalue weighted by atomic mass is 10.1. The summed E-state index contributed by atoms with van der Waals surface area (Å²) in [6.07, 6.45) is -0.264. The summed E-state index contributed by atoms with van der Waals surface area (Å²) < 4.78 is 56.2. The van der Waals surface area contributed by atoms with Crippen LogP contribution < -0.4 is 14.2 Å². The van der Waals surface area contributed by atoms with E-state index >= 15 is 0 Å². The number of rotatable bonds is 8. The van der Waals surface area contributed by atoms with E-state index in [0.717, 1.165) is 0 Å². The van der Waals surface area contributed by atoms with E-state index in [-0.39, 0.29) is 17.1 Å². The fraction of sp³-hybridized carbons (Fsp3) is 0.278. The summed E-state index contributed by atoms with van der Waals surface area (Å²) >= 11 is 0. The molecule has 1 unspecified atom stereocenters. The highest BCUT2D eigenvalue weighted by molar-refractivity contribution is 7.89. The Kier molecular flexibility index (Phi) is 6.75. The minimum Gasteiger partial charge on any atom is -0.497 e. The van der Waals surface area contributed by atoms with Crippen LogP contribution in [0.5, 0.6) is 11.5 Å². The first-order valence-corrected chi connectivity index (χ1v) is 9.35. The van der Waals surface area contributed by atoms with E-state index in [1.165, 1.54) is 63.8 Å². The van der Waals surface area contributed by atoms with Gasteiger partial charge in [0.05, 0.1) is 33.8 Å². The van der Waals surface area contributed by atoms with Gasteiger partial charge in [-0.1, -0.05) is 12.1 Å². The Bertz CT molecular complexity index is 899. The zero-order chi connectivity index (χ0) is 20.0. The normalized spacial score (nSPS) is 12.3. The lowest BCUT2D eigenvalue weighted by Crippen LogP contribution is -2.31. The first kappa shape index (κ1) is 20.7. The predicted molar refractivity (Wildman–Crippen MR) is 95.6 cm³/mol. The standard InChI is InChI=1S/C18H20FNO6S/c1-24-14-8-9-17(16(10-14)25-2)27(22,23)20-15(11-18(21)26-3)12-4-6-13(19)7-5-12/h4-10,15,20H,11H2,1-3H3. The minimum atomic E-state index is -4.07. The van der Waals surface area contributed by atoms with Gasteiger partial charge in [0.1, 0.15) is 22.2 Å². The van der Waals surface area contributed by atoms with E-state index in [1.807, 2.05) is 0 Å². The van der Waals surface area contributed by atoms with Gasteiger partial charge in [0.25, 0.3) is 0 Å². The number of hydrogen-bond donors (Lipinski definition) is 1. The number of sulfonamides is 1. The number of halogens is 1. The summed E-state index contributed by atoms with van der Waals surface area (Å²) in [6, 6.07) is 8.46. The topological polar surface area (TPSA) is 90.9 Å². The molecular formula is C18H20FNO6S. The summed E-state index contributed by atoms with van der Waals surface area (Å²) in [5.74, 6) is -0.586. The maximum atomic E-state index is 13.2. The van der Waals surface area contributed by atoms with Gasteiger partial charge in [0.15, 0.2) is 0 Å². The summed E-state index contributed by atoms with van der Waals surface area (Å²) in [5.41, 5.74) is 0.415. The van der Waals surface area contributed by atoms with Crippen LogP contribution >= 0.6 is 0 Å². The van der Waals surface area contributed by atoms with E-state index in [4.69, 9.17) is 9.47 Å². The first-order chi connectivity index (χ1) is 12.8. The quantitative estimate of drug-likeness (QED) is 0.688. The van der Waals surface area contributed by atoms with Gasteiger partial charge in [0, 0.05) is 6.07 Å². The lowest BCUT2D eigenvalue weighted by molar-refractivity contribution is -0.141. The summed E-state index contributed by atoms with van der Waals surface area (Å²) in [5, 5.41) is 0. The Morgan fingerprint density at radius 2 is 1.74 bits per heavy atom.